The highest BCUT2D eigenvalue weighted by Crippen LogP contribution is 2.19. The fourth-order valence-electron chi connectivity index (χ4n) is 2.17. The van der Waals surface area contributed by atoms with E-state index in [2.05, 4.69) is 5.32 Å². The quantitative estimate of drug-likeness (QED) is 0.851. The van der Waals surface area contributed by atoms with E-state index in [0.717, 1.165) is 11.1 Å². The summed E-state index contributed by atoms with van der Waals surface area (Å²) in [5, 5.41) is 12.1. The van der Waals surface area contributed by atoms with Gasteiger partial charge >= 0.3 is 0 Å². The molecule has 0 heterocycles. The molecule has 0 aliphatic carbocycles. The SMILES string of the molecule is OCCNC(Cc1cccc(F)c1)c1cccc(F)c1. The Balaban J connectivity index is 2.19. The average molecular weight is 277 g/mol. The molecule has 2 nitrogen and oxygen atoms in total. The lowest BCUT2D eigenvalue weighted by Crippen LogP contribution is -2.26. The van der Waals surface area contributed by atoms with Crippen LogP contribution < -0.4 is 5.32 Å². The Bertz CT molecular complexity index is 560. The summed E-state index contributed by atoms with van der Waals surface area (Å²) in [6.45, 7) is 0.394. The molecule has 2 aromatic carbocycles. The van der Waals surface area contributed by atoms with Gasteiger partial charge in [0.1, 0.15) is 11.6 Å². The maximum absolute atomic E-state index is 13.3. The Hall–Kier alpha value is -1.78. The van der Waals surface area contributed by atoms with Gasteiger partial charge < -0.3 is 10.4 Å². The number of benzene rings is 2. The van der Waals surface area contributed by atoms with Gasteiger partial charge in [0.2, 0.25) is 0 Å². The number of hydrogen-bond donors (Lipinski definition) is 2. The summed E-state index contributed by atoms with van der Waals surface area (Å²) in [6.07, 6.45) is 0.529. The second kappa shape index (κ2) is 7.12. The van der Waals surface area contributed by atoms with Crippen LogP contribution in [0.15, 0.2) is 48.5 Å². The topological polar surface area (TPSA) is 32.3 Å². The summed E-state index contributed by atoms with van der Waals surface area (Å²) in [7, 11) is 0. The van der Waals surface area contributed by atoms with Crippen molar-refractivity contribution in [2.75, 3.05) is 13.2 Å². The van der Waals surface area contributed by atoms with Crippen molar-refractivity contribution in [3.8, 4) is 0 Å². The molecule has 106 valence electrons. The highest BCUT2D eigenvalue weighted by atomic mass is 19.1. The van der Waals surface area contributed by atoms with Gasteiger partial charge in [0.25, 0.3) is 0 Å². The molecule has 1 atom stereocenters. The Kier molecular flexibility index (Phi) is 5.21. The summed E-state index contributed by atoms with van der Waals surface area (Å²) in [5.74, 6) is -0.597. The van der Waals surface area contributed by atoms with E-state index in [1.54, 1.807) is 12.1 Å². The Labute approximate surface area is 117 Å². The smallest absolute Gasteiger partial charge is 0.123 e. The van der Waals surface area contributed by atoms with Crippen LogP contribution in [-0.2, 0) is 6.42 Å². The lowest BCUT2D eigenvalue weighted by molar-refractivity contribution is 0.284. The second-order valence-electron chi connectivity index (χ2n) is 4.62. The van der Waals surface area contributed by atoms with E-state index in [1.165, 1.54) is 24.3 Å². The molecule has 1 unspecified atom stereocenters. The van der Waals surface area contributed by atoms with Crippen molar-refractivity contribution < 1.29 is 13.9 Å². The van der Waals surface area contributed by atoms with Crippen LogP contribution in [0, 0.1) is 11.6 Å². The minimum atomic E-state index is -0.308. The number of hydrogen-bond acceptors (Lipinski definition) is 2. The first-order valence-electron chi connectivity index (χ1n) is 6.53. The minimum absolute atomic E-state index is 0.00499. The summed E-state index contributed by atoms with van der Waals surface area (Å²) < 4.78 is 26.5. The van der Waals surface area contributed by atoms with Crippen molar-refractivity contribution in [2.45, 2.75) is 12.5 Å². The lowest BCUT2D eigenvalue weighted by atomic mass is 9.98. The Morgan fingerprint density at radius 3 is 2.35 bits per heavy atom. The van der Waals surface area contributed by atoms with Gasteiger partial charge in [-0.1, -0.05) is 24.3 Å². The van der Waals surface area contributed by atoms with Crippen LogP contribution in [0.25, 0.3) is 0 Å². The summed E-state index contributed by atoms with van der Waals surface area (Å²) in [4.78, 5) is 0. The highest BCUT2D eigenvalue weighted by molar-refractivity contribution is 5.24. The standard InChI is InChI=1S/C16H17F2NO/c17-14-5-1-3-12(9-14)10-16(19-7-8-20)13-4-2-6-15(18)11-13/h1-6,9,11,16,19-20H,7-8,10H2. The molecule has 0 aliphatic heterocycles. The Morgan fingerprint density at radius 1 is 1.00 bits per heavy atom. The van der Waals surface area contributed by atoms with Gasteiger partial charge in [0, 0.05) is 12.6 Å². The van der Waals surface area contributed by atoms with Gasteiger partial charge in [-0.05, 0) is 41.8 Å². The van der Waals surface area contributed by atoms with Crippen LogP contribution in [0.5, 0.6) is 0 Å². The van der Waals surface area contributed by atoms with Crippen molar-refractivity contribution in [2.24, 2.45) is 0 Å². The van der Waals surface area contributed by atoms with Crippen LogP contribution in [-0.4, -0.2) is 18.3 Å². The first-order chi connectivity index (χ1) is 9.69. The van der Waals surface area contributed by atoms with Crippen LogP contribution in [0.1, 0.15) is 17.2 Å². The van der Waals surface area contributed by atoms with Gasteiger partial charge in [-0.25, -0.2) is 8.78 Å². The van der Waals surface area contributed by atoms with E-state index in [1.807, 2.05) is 12.1 Å². The van der Waals surface area contributed by atoms with Crippen molar-refractivity contribution >= 4 is 0 Å². The van der Waals surface area contributed by atoms with E-state index in [4.69, 9.17) is 5.11 Å². The molecular formula is C16H17F2NO. The number of aliphatic hydroxyl groups excluding tert-OH is 1. The molecule has 20 heavy (non-hydrogen) atoms. The third-order valence-electron chi connectivity index (χ3n) is 3.08. The molecule has 0 amide bonds. The summed E-state index contributed by atoms with van der Waals surface area (Å²) in [5.41, 5.74) is 1.60. The van der Waals surface area contributed by atoms with Gasteiger partial charge in [0.15, 0.2) is 0 Å². The van der Waals surface area contributed by atoms with Gasteiger partial charge in [-0.2, -0.15) is 0 Å². The molecule has 0 aliphatic rings. The van der Waals surface area contributed by atoms with Gasteiger partial charge in [-0.3, -0.25) is 0 Å². The van der Waals surface area contributed by atoms with E-state index < -0.39 is 0 Å². The molecule has 0 bridgehead atoms. The van der Waals surface area contributed by atoms with Crippen molar-refractivity contribution in [1.29, 1.82) is 0 Å². The zero-order valence-corrected chi connectivity index (χ0v) is 11.0. The third-order valence-corrected chi connectivity index (χ3v) is 3.08. The summed E-state index contributed by atoms with van der Waals surface area (Å²) >= 11 is 0. The average Bonchev–Trinajstić information content (AvgIpc) is 2.43. The van der Waals surface area contributed by atoms with E-state index in [9.17, 15) is 8.78 Å². The molecule has 0 aromatic heterocycles. The largest absolute Gasteiger partial charge is 0.395 e. The normalized spacial score (nSPS) is 12.3. The summed E-state index contributed by atoms with van der Waals surface area (Å²) in [6, 6.07) is 12.5. The minimum Gasteiger partial charge on any atom is -0.395 e. The van der Waals surface area contributed by atoms with E-state index >= 15 is 0 Å². The first kappa shape index (κ1) is 14.6. The molecule has 0 radical (unpaired) electrons. The van der Waals surface area contributed by atoms with Gasteiger partial charge in [0.05, 0.1) is 6.61 Å². The van der Waals surface area contributed by atoms with Crippen LogP contribution in [0.3, 0.4) is 0 Å². The second-order valence-corrected chi connectivity index (χ2v) is 4.62. The zero-order valence-electron chi connectivity index (χ0n) is 11.0. The molecule has 0 spiro atoms. The third kappa shape index (κ3) is 4.11. The lowest BCUT2D eigenvalue weighted by Gasteiger charge is -2.19. The maximum atomic E-state index is 13.3. The van der Waals surface area contributed by atoms with Crippen molar-refractivity contribution in [3.63, 3.8) is 0 Å². The van der Waals surface area contributed by atoms with E-state index in [-0.39, 0.29) is 24.3 Å². The molecule has 2 rings (SSSR count). The molecule has 0 saturated heterocycles. The number of nitrogens with one attached hydrogen (secondary N) is 1. The molecule has 0 fully saturated rings. The Morgan fingerprint density at radius 2 is 1.70 bits per heavy atom. The van der Waals surface area contributed by atoms with Gasteiger partial charge in [-0.15, -0.1) is 0 Å². The maximum Gasteiger partial charge on any atom is 0.123 e. The van der Waals surface area contributed by atoms with Crippen molar-refractivity contribution in [3.05, 3.63) is 71.3 Å². The highest BCUT2D eigenvalue weighted by Gasteiger charge is 2.12. The molecule has 2 aromatic rings. The number of halogens is 2. The predicted octanol–water partition coefficient (Wildman–Crippen LogP) is 2.83. The zero-order chi connectivity index (χ0) is 14.4. The number of aliphatic hydroxyl groups is 1. The first-order valence-corrected chi connectivity index (χ1v) is 6.53. The molecular weight excluding hydrogens is 260 g/mol. The monoisotopic (exact) mass is 277 g/mol. The molecule has 4 heteroatoms. The van der Waals surface area contributed by atoms with E-state index in [0.29, 0.717) is 13.0 Å². The van der Waals surface area contributed by atoms with Crippen molar-refractivity contribution in [1.82, 2.24) is 5.32 Å². The fraction of sp³-hybridized carbons (Fsp3) is 0.250. The molecule has 0 saturated carbocycles. The van der Waals surface area contributed by atoms with Crippen LogP contribution >= 0.6 is 0 Å². The van der Waals surface area contributed by atoms with Crippen LogP contribution in [0.2, 0.25) is 0 Å². The predicted molar refractivity (Wildman–Crippen MR) is 74.3 cm³/mol. The molecule has 2 N–H and O–H groups in total. The fourth-order valence-corrected chi connectivity index (χ4v) is 2.17. The van der Waals surface area contributed by atoms with Crippen LogP contribution in [0.4, 0.5) is 8.78 Å². The number of rotatable bonds is 6.